The van der Waals surface area contributed by atoms with Crippen LogP contribution in [0.15, 0.2) is 0 Å². The molecule has 0 aliphatic rings. The normalized spacial score (nSPS) is 11.2. The van der Waals surface area contributed by atoms with E-state index in [1.165, 1.54) is 77.0 Å². The topological polar surface area (TPSA) is 63.2 Å². The predicted molar refractivity (Wildman–Crippen MR) is 139 cm³/mol. The zero-order valence-electron chi connectivity index (χ0n) is 22.6. The third-order valence-corrected chi connectivity index (χ3v) is 5.73. The van der Waals surface area contributed by atoms with Gasteiger partial charge in [-0.25, -0.2) is 0 Å². The van der Waals surface area contributed by atoms with Crippen molar-refractivity contribution in [3.8, 4) is 0 Å². The molecule has 0 saturated carbocycles. The monoisotopic (exact) mass is 488 g/mol. The van der Waals surface area contributed by atoms with Crippen LogP contribution >= 0.6 is 0 Å². The van der Waals surface area contributed by atoms with Gasteiger partial charge in [0, 0.05) is 13.0 Å². The molecule has 0 amide bonds. The van der Waals surface area contributed by atoms with Crippen LogP contribution in [0.5, 0.6) is 0 Å². The second kappa shape index (κ2) is 30.3. The highest BCUT2D eigenvalue weighted by molar-refractivity contribution is 5.69. The van der Waals surface area contributed by atoms with E-state index in [4.69, 9.17) is 23.7 Å². The van der Waals surface area contributed by atoms with Gasteiger partial charge in [-0.15, -0.1) is 0 Å². The fraction of sp³-hybridized carbons (Fsp3) is 0.964. The van der Waals surface area contributed by atoms with Gasteiger partial charge in [-0.1, -0.05) is 97.3 Å². The number of hydrogen-bond donors (Lipinski definition) is 0. The van der Waals surface area contributed by atoms with Gasteiger partial charge in [-0.2, -0.15) is 0 Å². The predicted octanol–water partition coefficient (Wildman–Crippen LogP) is 6.88. The van der Waals surface area contributed by atoms with Gasteiger partial charge in [0.15, 0.2) is 0 Å². The van der Waals surface area contributed by atoms with Gasteiger partial charge in [-0.3, -0.25) is 4.79 Å². The molecular formula is C28H56O6. The van der Waals surface area contributed by atoms with E-state index in [9.17, 15) is 4.79 Å². The van der Waals surface area contributed by atoms with E-state index in [-0.39, 0.29) is 5.97 Å². The quantitative estimate of drug-likeness (QED) is 0.0845. The number of carbonyl (C=O) groups is 1. The number of carbonyl (C=O) groups excluding carboxylic acids is 1. The van der Waals surface area contributed by atoms with Gasteiger partial charge in [0.1, 0.15) is 6.61 Å². The number of hydrogen-bond acceptors (Lipinski definition) is 6. The van der Waals surface area contributed by atoms with Crippen molar-refractivity contribution in [3.63, 3.8) is 0 Å². The van der Waals surface area contributed by atoms with E-state index in [0.29, 0.717) is 59.3 Å². The van der Waals surface area contributed by atoms with E-state index in [2.05, 4.69) is 13.8 Å². The van der Waals surface area contributed by atoms with Gasteiger partial charge in [-0.05, 0) is 12.8 Å². The van der Waals surface area contributed by atoms with Crippen LogP contribution in [0.4, 0.5) is 0 Å². The summed E-state index contributed by atoms with van der Waals surface area (Å²) < 4.78 is 27.1. The molecule has 34 heavy (non-hydrogen) atoms. The number of esters is 1. The first kappa shape index (κ1) is 33.3. The van der Waals surface area contributed by atoms with Crippen LogP contribution in [0.3, 0.4) is 0 Å². The van der Waals surface area contributed by atoms with Crippen LogP contribution < -0.4 is 0 Å². The summed E-state index contributed by atoms with van der Waals surface area (Å²) in [5.74, 6) is -0.129. The molecule has 0 N–H and O–H groups in total. The molecule has 0 aliphatic heterocycles. The van der Waals surface area contributed by atoms with Crippen molar-refractivity contribution in [1.29, 1.82) is 0 Å². The van der Waals surface area contributed by atoms with E-state index < -0.39 is 0 Å². The minimum Gasteiger partial charge on any atom is -0.463 e. The zero-order valence-corrected chi connectivity index (χ0v) is 22.6. The van der Waals surface area contributed by atoms with Crippen molar-refractivity contribution >= 4 is 5.97 Å². The fourth-order valence-electron chi connectivity index (χ4n) is 3.61. The molecule has 0 spiro atoms. The summed E-state index contributed by atoms with van der Waals surface area (Å²) in [6.07, 6.45) is 19.8. The van der Waals surface area contributed by atoms with Crippen LogP contribution in [0.1, 0.15) is 117 Å². The second-order valence-corrected chi connectivity index (χ2v) is 9.02. The van der Waals surface area contributed by atoms with E-state index >= 15 is 0 Å². The first-order valence-corrected chi connectivity index (χ1v) is 14.3. The Morgan fingerprint density at radius 1 is 0.412 bits per heavy atom. The third-order valence-electron chi connectivity index (χ3n) is 5.73. The molecule has 0 aromatic carbocycles. The van der Waals surface area contributed by atoms with Crippen molar-refractivity contribution in [2.75, 3.05) is 59.5 Å². The minimum absolute atomic E-state index is 0.129. The average Bonchev–Trinajstić information content (AvgIpc) is 2.84. The SMILES string of the molecule is CCCCCCCCCCCCCOCCOCCOCCOCCOC(=O)CCCCCC. The Morgan fingerprint density at radius 2 is 0.765 bits per heavy atom. The summed E-state index contributed by atoms with van der Waals surface area (Å²) in [6.45, 7) is 9.39. The Morgan fingerprint density at radius 3 is 1.24 bits per heavy atom. The highest BCUT2D eigenvalue weighted by atomic mass is 16.6. The molecule has 0 aromatic rings. The second-order valence-electron chi connectivity index (χ2n) is 9.02. The lowest BCUT2D eigenvalue weighted by Gasteiger charge is -2.08. The molecule has 0 rings (SSSR count). The number of rotatable bonds is 29. The van der Waals surface area contributed by atoms with Gasteiger partial charge in [0.25, 0.3) is 0 Å². The van der Waals surface area contributed by atoms with Crippen LogP contribution in [0, 0.1) is 0 Å². The summed E-state index contributed by atoms with van der Waals surface area (Å²) in [5.41, 5.74) is 0. The van der Waals surface area contributed by atoms with Crippen molar-refractivity contribution in [2.24, 2.45) is 0 Å². The molecule has 0 heterocycles. The maximum absolute atomic E-state index is 11.5. The Balaban J connectivity index is 3.07. The Hall–Kier alpha value is -0.690. The van der Waals surface area contributed by atoms with Crippen LogP contribution in [0.2, 0.25) is 0 Å². The molecule has 0 atom stereocenters. The van der Waals surface area contributed by atoms with Gasteiger partial charge < -0.3 is 23.7 Å². The van der Waals surface area contributed by atoms with Gasteiger partial charge in [0.2, 0.25) is 0 Å². The van der Waals surface area contributed by atoms with Crippen molar-refractivity contribution < 1.29 is 28.5 Å². The molecule has 6 heteroatoms. The van der Waals surface area contributed by atoms with Crippen molar-refractivity contribution in [1.82, 2.24) is 0 Å². The lowest BCUT2D eigenvalue weighted by atomic mass is 10.1. The molecule has 0 unspecified atom stereocenters. The average molecular weight is 489 g/mol. The number of ether oxygens (including phenoxy) is 5. The lowest BCUT2D eigenvalue weighted by molar-refractivity contribution is -0.145. The molecule has 0 fully saturated rings. The third kappa shape index (κ3) is 29.3. The lowest BCUT2D eigenvalue weighted by Crippen LogP contribution is -2.14. The maximum Gasteiger partial charge on any atom is 0.305 e. The molecular weight excluding hydrogens is 432 g/mol. The molecule has 0 aliphatic carbocycles. The van der Waals surface area contributed by atoms with Gasteiger partial charge in [0.05, 0.1) is 46.2 Å². The molecule has 6 nitrogen and oxygen atoms in total. The summed E-state index contributed by atoms with van der Waals surface area (Å²) >= 11 is 0. The van der Waals surface area contributed by atoms with Crippen LogP contribution in [0.25, 0.3) is 0 Å². The molecule has 0 aromatic heterocycles. The Labute approximate surface area is 210 Å². The zero-order chi connectivity index (χ0) is 24.8. The van der Waals surface area contributed by atoms with E-state index in [1.54, 1.807) is 0 Å². The fourth-order valence-corrected chi connectivity index (χ4v) is 3.61. The molecule has 0 radical (unpaired) electrons. The first-order chi connectivity index (χ1) is 16.8. The Bertz CT molecular complexity index is 391. The smallest absolute Gasteiger partial charge is 0.305 e. The summed E-state index contributed by atoms with van der Waals surface area (Å²) in [4.78, 5) is 11.5. The molecule has 0 bridgehead atoms. The standard InChI is InChI=1S/C28H56O6/c1-3-5-7-9-10-11-12-13-14-15-17-19-30-20-21-31-22-23-32-24-25-33-26-27-34-28(29)18-16-8-6-4-2/h3-27H2,1-2H3. The summed E-state index contributed by atoms with van der Waals surface area (Å²) in [5, 5.41) is 0. The number of unbranched alkanes of at least 4 members (excludes halogenated alkanes) is 13. The highest BCUT2D eigenvalue weighted by Gasteiger charge is 2.02. The maximum atomic E-state index is 11.5. The van der Waals surface area contributed by atoms with E-state index in [1.807, 2.05) is 0 Å². The summed E-state index contributed by atoms with van der Waals surface area (Å²) in [7, 11) is 0. The van der Waals surface area contributed by atoms with Crippen molar-refractivity contribution in [3.05, 3.63) is 0 Å². The first-order valence-electron chi connectivity index (χ1n) is 14.3. The van der Waals surface area contributed by atoms with Crippen molar-refractivity contribution in [2.45, 2.75) is 117 Å². The largest absolute Gasteiger partial charge is 0.463 e. The highest BCUT2D eigenvalue weighted by Crippen LogP contribution is 2.11. The molecule has 0 saturated heterocycles. The van der Waals surface area contributed by atoms with Gasteiger partial charge >= 0.3 is 5.97 Å². The minimum atomic E-state index is -0.129. The van der Waals surface area contributed by atoms with Crippen LogP contribution in [-0.2, 0) is 28.5 Å². The van der Waals surface area contributed by atoms with Crippen LogP contribution in [-0.4, -0.2) is 65.4 Å². The van der Waals surface area contributed by atoms with E-state index in [0.717, 1.165) is 25.9 Å². The Kier molecular flexibility index (Phi) is 29.7. The molecule has 204 valence electrons. The summed E-state index contributed by atoms with van der Waals surface area (Å²) in [6, 6.07) is 0.